The highest BCUT2D eigenvalue weighted by atomic mass is 35.5. The zero-order chi connectivity index (χ0) is 8.43. The van der Waals surface area contributed by atoms with Gasteiger partial charge in [0, 0.05) is 6.07 Å². The number of nitrogen functional groups attached to an aromatic ring is 2. The molecule has 0 fully saturated rings. The Labute approximate surface area is 67.2 Å². The predicted octanol–water partition coefficient (Wildman–Crippen LogP) is -1.39. The van der Waals surface area contributed by atoms with Crippen molar-refractivity contribution >= 4 is 17.5 Å². The minimum atomic E-state index is 0.0571. The molecule has 0 atom stereocenters. The van der Waals surface area contributed by atoms with Crippen LogP contribution >= 0.6 is 11.6 Å². The Morgan fingerprint density at radius 2 is 2.27 bits per heavy atom. The second kappa shape index (κ2) is 2.67. The number of nitrogens with zero attached hydrogens (tertiary/aromatic N) is 3. The van der Waals surface area contributed by atoms with Crippen molar-refractivity contribution in [3.05, 3.63) is 16.7 Å². The van der Waals surface area contributed by atoms with E-state index in [1.165, 1.54) is 6.07 Å². The lowest BCUT2D eigenvalue weighted by molar-refractivity contribution is 0.857. The van der Waals surface area contributed by atoms with Gasteiger partial charge < -0.3 is 17.4 Å². The first kappa shape index (κ1) is 7.67. The van der Waals surface area contributed by atoms with E-state index < -0.39 is 0 Å². The van der Waals surface area contributed by atoms with Gasteiger partial charge in [-0.05, 0) is 0 Å². The van der Waals surface area contributed by atoms with Crippen molar-refractivity contribution in [1.29, 1.82) is 0 Å². The maximum Gasteiger partial charge on any atom is 0.222 e. The molecular weight excluding hydrogens is 168 g/mol. The number of halogens is 1. The van der Waals surface area contributed by atoms with Gasteiger partial charge in [0.05, 0.1) is 0 Å². The Hall–Kier alpha value is -1.43. The van der Waals surface area contributed by atoms with Crippen molar-refractivity contribution in [3.63, 3.8) is 0 Å². The smallest absolute Gasteiger partial charge is 0.222 e. The molecule has 0 aromatic carbocycles. The van der Waals surface area contributed by atoms with Crippen molar-refractivity contribution in [1.82, 2.24) is 9.66 Å². The Morgan fingerprint density at radius 3 is 2.82 bits per heavy atom. The van der Waals surface area contributed by atoms with Gasteiger partial charge in [-0.1, -0.05) is 11.6 Å². The summed E-state index contributed by atoms with van der Waals surface area (Å²) in [7, 11) is 0. The number of nitrogens with two attached hydrogens (primary N) is 3. The van der Waals surface area contributed by atoms with Gasteiger partial charge in [0.2, 0.25) is 5.95 Å². The molecule has 0 spiro atoms. The number of aromatic nitrogens is 2. The average Bonchev–Trinajstić information content (AvgIpc) is 1.96. The van der Waals surface area contributed by atoms with Gasteiger partial charge in [-0.2, -0.15) is 5.10 Å². The van der Waals surface area contributed by atoms with E-state index in [2.05, 4.69) is 10.1 Å². The van der Waals surface area contributed by atoms with Crippen LogP contribution in [0.2, 0.25) is 5.15 Å². The second-order valence-corrected chi connectivity index (χ2v) is 2.18. The van der Waals surface area contributed by atoms with Gasteiger partial charge in [0.15, 0.2) is 5.49 Å². The molecule has 11 heavy (non-hydrogen) atoms. The first-order chi connectivity index (χ1) is 5.15. The summed E-state index contributed by atoms with van der Waals surface area (Å²) in [5.41, 5.74) is 5.59. The molecule has 0 bridgehead atoms. The molecule has 6 N–H and O–H groups in total. The zero-order valence-corrected chi connectivity index (χ0v) is 6.28. The first-order valence-corrected chi connectivity index (χ1v) is 3.07. The normalized spacial score (nSPS) is 11.9. The third-order valence-electron chi connectivity index (χ3n) is 1.10. The van der Waals surface area contributed by atoms with Crippen LogP contribution < -0.4 is 22.9 Å². The Morgan fingerprint density at radius 1 is 1.64 bits per heavy atom. The molecule has 1 aromatic heterocycles. The summed E-state index contributed by atoms with van der Waals surface area (Å²) in [6.07, 6.45) is 0. The first-order valence-electron chi connectivity index (χ1n) is 2.69. The summed E-state index contributed by atoms with van der Waals surface area (Å²) in [4.78, 5) is 3.65. The fourth-order valence-corrected chi connectivity index (χ4v) is 0.773. The molecule has 60 valence electrons. The number of hydrogen-bond acceptors (Lipinski definition) is 5. The third-order valence-corrected chi connectivity index (χ3v) is 1.29. The fraction of sp³-hybridized carbons (Fsp3) is 0. The van der Waals surface area contributed by atoms with E-state index in [1.807, 2.05) is 0 Å². The van der Waals surface area contributed by atoms with Crippen LogP contribution in [0.4, 0.5) is 5.95 Å². The average molecular weight is 175 g/mol. The van der Waals surface area contributed by atoms with Crippen molar-refractivity contribution in [2.45, 2.75) is 0 Å². The molecule has 0 aliphatic rings. The molecule has 0 saturated heterocycles. The number of hydrogen-bond donors (Lipinski definition) is 3. The van der Waals surface area contributed by atoms with E-state index in [4.69, 9.17) is 29.0 Å². The van der Waals surface area contributed by atoms with Crippen LogP contribution in [0.25, 0.3) is 0 Å². The van der Waals surface area contributed by atoms with E-state index >= 15 is 0 Å². The van der Waals surface area contributed by atoms with E-state index in [-0.39, 0.29) is 16.6 Å². The lowest BCUT2D eigenvalue weighted by atomic mass is 10.6. The molecule has 7 heteroatoms. The largest absolute Gasteiger partial charge is 0.368 e. The SMILES string of the molecule is N/N=c1/cc(Cl)nc(N)n1N. The van der Waals surface area contributed by atoms with Crippen LogP contribution in [0, 0.1) is 0 Å². The quantitative estimate of drug-likeness (QED) is 0.256. The minimum absolute atomic E-state index is 0.0571. The topological polar surface area (TPSA) is 108 Å². The van der Waals surface area contributed by atoms with Crippen molar-refractivity contribution in [2.24, 2.45) is 10.9 Å². The molecule has 6 nitrogen and oxygen atoms in total. The van der Waals surface area contributed by atoms with Gasteiger partial charge in [-0.3, -0.25) is 0 Å². The predicted molar refractivity (Wildman–Crippen MR) is 41.6 cm³/mol. The van der Waals surface area contributed by atoms with Crippen molar-refractivity contribution in [3.8, 4) is 0 Å². The van der Waals surface area contributed by atoms with Crippen LogP contribution in [0.5, 0.6) is 0 Å². The maximum atomic E-state index is 5.53. The van der Waals surface area contributed by atoms with Crippen LogP contribution in [-0.2, 0) is 0 Å². The van der Waals surface area contributed by atoms with Crippen LogP contribution in [-0.4, -0.2) is 9.66 Å². The van der Waals surface area contributed by atoms with E-state index in [0.29, 0.717) is 0 Å². The van der Waals surface area contributed by atoms with E-state index in [0.717, 1.165) is 4.68 Å². The molecule has 0 saturated carbocycles. The fourth-order valence-electron chi connectivity index (χ4n) is 0.588. The molecule has 1 rings (SSSR count). The minimum Gasteiger partial charge on any atom is -0.368 e. The summed E-state index contributed by atoms with van der Waals surface area (Å²) in [5, 5.41) is 3.53. The van der Waals surface area contributed by atoms with Gasteiger partial charge >= 0.3 is 0 Å². The molecule has 0 aliphatic carbocycles. The molecule has 0 unspecified atom stereocenters. The van der Waals surface area contributed by atoms with Crippen molar-refractivity contribution < 1.29 is 0 Å². The Kier molecular flexibility index (Phi) is 1.86. The number of rotatable bonds is 0. The maximum absolute atomic E-state index is 5.53. The molecule has 1 heterocycles. The summed E-state index contributed by atoms with van der Waals surface area (Å²) in [6.45, 7) is 0. The summed E-state index contributed by atoms with van der Waals surface area (Å²) in [5.74, 6) is 10.4. The number of anilines is 1. The highest BCUT2D eigenvalue weighted by Crippen LogP contribution is 2.00. The summed E-state index contributed by atoms with van der Waals surface area (Å²) in [6, 6.07) is 1.40. The van der Waals surface area contributed by atoms with Crippen molar-refractivity contribution in [2.75, 3.05) is 11.6 Å². The highest BCUT2D eigenvalue weighted by Gasteiger charge is 1.97. The summed E-state index contributed by atoms with van der Waals surface area (Å²) >= 11 is 5.53. The van der Waals surface area contributed by atoms with Gasteiger partial charge in [0.1, 0.15) is 5.15 Å². The molecular formula is C4H7ClN6. The zero-order valence-electron chi connectivity index (χ0n) is 5.53. The van der Waals surface area contributed by atoms with Crippen LogP contribution in [0.3, 0.4) is 0 Å². The van der Waals surface area contributed by atoms with E-state index in [9.17, 15) is 0 Å². The lowest BCUT2D eigenvalue weighted by Gasteiger charge is -2.01. The van der Waals surface area contributed by atoms with Gasteiger partial charge in [-0.25, -0.2) is 9.66 Å². The highest BCUT2D eigenvalue weighted by molar-refractivity contribution is 6.29. The van der Waals surface area contributed by atoms with Gasteiger partial charge in [0.25, 0.3) is 0 Å². The monoisotopic (exact) mass is 174 g/mol. The molecule has 0 radical (unpaired) electrons. The van der Waals surface area contributed by atoms with Crippen LogP contribution in [0.1, 0.15) is 0 Å². The summed E-state index contributed by atoms with van der Waals surface area (Å²) < 4.78 is 1.03. The molecule has 1 aromatic rings. The molecule has 0 amide bonds. The van der Waals surface area contributed by atoms with E-state index in [1.54, 1.807) is 0 Å². The third kappa shape index (κ3) is 1.35. The van der Waals surface area contributed by atoms with Crippen LogP contribution in [0.15, 0.2) is 11.2 Å². The standard InChI is InChI=1S/C4H7ClN6/c5-2-1-3(10-7)11(8)4(6)9-2/h1H,7-8H2,(H2,6,9)/b10-3-. The molecule has 0 aliphatic heterocycles. The van der Waals surface area contributed by atoms with Gasteiger partial charge in [-0.15, -0.1) is 0 Å². The lowest BCUT2D eigenvalue weighted by Crippen LogP contribution is -2.32. The Balaban J connectivity index is 3.50. The second-order valence-electron chi connectivity index (χ2n) is 1.79. The Bertz CT molecular complexity index is 328.